The van der Waals surface area contributed by atoms with Gasteiger partial charge >= 0.3 is 0 Å². The summed E-state index contributed by atoms with van der Waals surface area (Å²) >= 11 is 0. The Balaban J connectivity index is 3.72. The van der Waals surface area contributed by atoms with Crippen molar-refractivity contribution in [2.75, 3.05) is 0 Å². The van der Waals surface area contributed by atoms with E-state index in [4.69, 9.17) is 0 Å². The Labute approximate surface area is 126 Å². The van der Waals surface area contributed by atoms with Crippen molar-refractivity contribution in [1.29, 1.82) is 0 Å². The lowest BCUT2D eigenvalue weighted by atomic mass is 9.89. The van der Waals surface area contributed by atoms with Gasteiger partial charge in [0.25, 0.3) is 0 Å². The van der Waals surface area contributed by atoms with Crippen LogP contribution in [0.15, 0.2) is 0 Å². The predicted octanol–water partition coefficient (Wildman–Crippen LogP) is 5.27. The number of unbranched alkanes of at least 4 members (excludes halogenated alkanes) is 5. The average molecular weight is 284 g/mol. The number of aliphatic hydroxyl groups excluding tert-OH is 1. The van der Waals surface area contributed by atoms with Crippen molar-refractivity contribution in [3.8, 4) is 0 Å². The van der Waals surface area contributed by atoms with E-state index in [9.17, 15) is 9.90 Å². The van der Waals surface area contributed by atoms with Crippen LogP contribution in [0.2, 0.25) is 0 Å². The highest BCUT2D eigenvalue weighted by Crippen LogP contribution is 2.20. The molecule has 0 aliphatic rings. The first-order valence-electron chi connectivity index (χ1n) is 8.85. The molecule has 2 heteroatoms. The van der Waals surface area contributed by atoms with E-state index in [-0.39, 0.29) is 6.10 Å². The maximum atomic E-state index is 11.9. The standard InChI is InChI=1S/C18H36O2/c1-4-7-9-10-11-12-17(19)15-14-16(6-3)18(20)13-8-5-2/h16,18,20H,4-15H2,1-3H3. The Bertz CT molecular complexity index is 225. The van der Waals surface area contributed by atoms with Crippen LogP contribution in [0, 0.1) is 5.92 Å². The summed E-state index contributed by atoms with van der Waals surface area (Å²) in [5.74, 6) is 0.702. The van der Waals surface area contributed by atoms with E-state index in [0.717, 1.165) is 44.9 Å². The molecule has 0 aromatic carbocycles. The van der Waals surface area contributed by atoms with Gasteiger partial charge in [-0.3, -0.25) is 4.79 Å². The van der Waals surface area contributed by atoms with Gasteiger partial charge in [0.2, 0.25) is 0 Å². The van der Waals surface area contributed by atoms with Crippen LogP contribution in [0.4, 0.5) is 0 Å². The fourth-order valence-corrected chi connectivity index (χ4v) is 2.71. The van der Waals surface area contributed by atoms with Crippen LogP contribution in [0.3, 0.4) is 0 Å². The number of Topliss-reactive ketones (excluding diaryl/α,β-unsaturated/α-hetero) is 1. The first-order valence-corrected chi connectivity index (χ1v) is 8.85. The van der Waals surface area contributed by atoms with Crippen LogP contribution in [0.5, 0.6) is 0 Å². The van der Waals surface area contributed by atoms with Gasteiger partial charge in [0.1, 0.15) is 5.78 Å². The van der Waals surface area contributed by atoms with Gasteiger partial charge in [-0.05, 0) is 25.2 Å². The van der Waals surface area contributed by atoms with E-state index in [1.165, 1.54) is 25.7 Å². The van der Waals surface area contributed by atoms with E-state index < -0.39 is 0 Å². The molecule has 0 rings (SSSR count). The quantitative estimate of drug-likeness (QED) is 0.441. The first-order chi connectivity index (χ1) is 9.65. The van der Waals surface area contributed by atoms with Gasteiger partial charge in [0, 0.05) is 12.8 Å². The second-order valence-corrected chi connectivity index (χ2v) is 6.12. The minimum Gasteiger partial charge on any atom is -0.393 e. The predicted molar refractivity (Wildman–Crippen MR) is 86.9 cm³/mol. The van der Waals surface area contributed by atoms with Crippen molar-refractivity contribution in [3.05, 3.63) is 0 Å². The van der Waals surface area contributed by atoms with Crippen molar-refractivity contribution < 1.29 is 9.90 Å². The van der Waals surface area contributed by atoms with Crippen molar-refractivity contribution in [2.45, 2.75) is 104 Å². The summed E-state index contributed by atoms with van der Waals surface area (Å²) in [6, 6.07) is 0. The summed E-state index contributed by atoms with van der Waals surface area (Å²) in [4.78, 5) is 11.9. The highest BCUT2D eigenvalue weighted by molar-refractivity contribution is 5.78. The normalized spacial score (nSPS) is 14.2. The molecule has 2 atom stereocenters. The van der Waals surface area contributed by atoms with Gasteiger partial charge in [-0.1, -0.05) is 65.7 Å². The number of hydrogen-bond acceptors (Lipinski definition) is 2. The van der Waals surface area contributed by atoms with Gasteiger partial charge in [-0.15, -0.1) is 0 Å². The molecule has 0 aliphatic heterocycles. The smallest absolute Gasteiger partial charge is 0.132 e. The third-order valence-corrected chi connectivity index (χ3v) is 4.28. The highest BCUT2D eigenvalue weighted by Gasteiger charge is 2.17. The van der Waals surface area contributed by atoms with Gasteiger partial charge in [0.05, 0.1) is 6.10 Å². The van der Waals surface area contributed by atoms with Crippen molar-refractivity contribution >= 4 is 5.78 Å². The minimum atomic E-state index is -0.211. The van der Waals surface area contributed by atoms with Gasteiger partial charge in [0.15, 0.2) is 0 Å². The molecule has 0 radical (unpaired) electrons. The fraction of sp³-hybridized carbons (Fsp3) is 0.944. The van der Waals surface area contributed by atoms with E-state index >= 15 is 0 Å². The SMILES string of the molecule is CCCCCCCC(=O)CCC(CC)C(O)CCCC. The molecule has 0 saturated carbocycles. The minimum absolute atomic E-state index is 0.211. The number of ketones is 1. The maximum absolute atomic E-state index is 11.9. The Morgan fingerprint density at radius 1 is 0.850 bits per heavy atom. The van der Waals surface area contributed by atoms with E-state index in [2.05, 4.69) is 20.8 Å². The second-order valence-electron chi connectivity index (χ2n) is 6.12. The summed E-state index contributed by atoms with van der Waals surface area (Å²) in [5.41, 5.74) is 0. The van der Waals surface area contributed by atoms with Crippen LogP contribution in [-0.2, 0) is 4.79 Å². The van der Waals surface area contributed by atoms with Crippen molar-refractivity contribution in [2.24, 2.45) is 5.92 Å². The molecule has 0 spiro atoms. The molecule has 120 valence electrons. The first kappa shape index (κ1) is 19.6. The Kier molecular flexibility index (Phi) is 13.4. The molecule has 0 fully saturated rings. The third kappa shape index (κ3) is 10.4. The monoisotopic (exact) mass is 284 g/mol. The molecule has 0 amide bonds. The van der Waals surface area contributed by atoms with Crippen LogP contribution in [0.1, 0.15) is 97.8 Å². The average Bonchev–Trinajstić information content (AvgIpc) is 2.45. The Morgan fingerprint density at radius 3 is 2.10 bits per heavy atom. The molecular weight excluding hydrogens is 248 g/mol. The molecule has 0 aromatic rings. The molecule has 0 bridgehead atoms. The largest absolute Gasteiger partial charge is 0.393 e. The number of rotatable bonds is 14. The molecule has 2 nitrogen and oxygen atoms in total. The zero-order chi connectivity index (χ0) is 15.2. The Morgan fingerprint density at radius 2 is 1.50 bits per heavy atom. The molecule has 0 heterocycles. The van der Waals surface area contributed by atoms with Crippen molar-refractivity contribution in [1.82, 2.24) is 0 Å². The zero-order valence-electron chi connectivity index (χ0n) is 14.0. The lowest BCUT2D eigenvalue weighted by Gasteiger charge is -2.21. The van der Waals surface area contributed by atoms with Gasteiger partial charge in [-0.25, -0.2) is 0 Å². The van der Waals surface area contributed by atoms with Gasteiger partial charge in [-0.2, -0.15) is 0 Å². The summed E-state index contributed by atoms with van der Waals surface area (Å²) < 4.78 is 0. The molecule has 1 N–H and O–H groups in total. The third-order valence-electron chi connectivity index (χ3n) is 4.28. The summed E-state index contributed by atoms with van der Waals surface area (Å²) in [7, 11) is 0. The summed E-state index contributed by atoms with van der Waals surface area (Å²) in [6.07, 6.45) is 12.2. The van der Waals surface area contributed by atoms with E-state index in [1.807, 2.05) is 0 Å². The van der Waals surface area contributed by atoms with Crippen LogP contribution in [-0.4, -0.2) is 17.0 Å². The van der Waals surface area contributed by atoms with Crippen molar-refractivity contribution in [3.63, 3.8) is 0 Å². The molecule has 20 heavy (non-hydrogen) atoms. The summed E-state index contributed by atoms with van der Waals surface area (Å²) in [6.45, 7) is 6.48. The van der Waals surface area contributed by atoms with Crippen LogP contribution >= 0.6 is 0 Å². The highest BCUT2D eigenvalue weighted by atomic mass is 16.3. The van der Waals surface area contributed by atoms with Crippen LogP contribution in [0.25, 0.3) is 0 Å². The number of hydrogen-bond donors (Lipinski definition) is 1. The maximum Gasteiger partial charge on any atom is 0.132 e. The number of carbonyl (C=O) groups excluding carboxylic acids is 1. The van der Waals surface area contributed by atoms with Crippen LogP contribution < -0.4 is 0 Å². The van der Waals surface area contributed by atoms with Gasteiger partial charge < -0.3 is 5.11 Å². The zero-order valence-corrected chi connectivity index (χ0v) is 14.0. The number of aliphatic hydroxyl groups is 1. The second kappa shape index (κ2) is 13.6. The fourth-order valence-electron chi connectivity index (χ4n) is 2.71. The lowest BCUT2D eigenvalue weighted by Crippen LogP contribution is -2.20. The molecule has 2 unspecified atom stereocenters. The van der Waals surface area contributed by atoms with E-state index in [1.54, 1.807) is 0 Å². The topological polar surface area (TPSA) is 37.3 Å². The lowest BCUT2D eigenvalue weighted by molar-refractivity contribution is -0.119. The molecule has 0 saturated heterocycles. The Hall–Kier alpha value is -0.370. The molecular formula is C18H36O2. The number of carbonyl (C=O) groups is 1. The van der Waals surface area contributed by atoms with E-state index in [0.29, 0.717) is 18.1 Å². The molecule has 0 aromatic heterocycles. The summed E-state index contributed by atoms with van der Waals surface area (Å²) in [5, 5.41) is 10.1. The molecule has 0 aliphatic carbocycles.